The number of hydrogen-bond acceptors (Lipinski definition) is 25. The van der Waals surface area contributed by atoms with Crippen LogP contribution in [-0.2, 0) is 87.9 Å². The third-order valence-corrected chi connectivity index (χ3v) is 15.2. The molecule has 0 radical (unpaired) electrons. The predicted octanol–water partition coefficient (Wildman–Crippen LogP) is -12.4. The summed E-state index contributed by atoms with van der Waals surface area (Å²) in [6, 6.07) is -20.4. The molecule has 0 fully saturated rings. The van der Waals surface area contributed by atoms with Crippen LogP contribution in [0.4, 0.5) is 0 Å². The Morgan fingerprint density at radius 2 is 0.853 bits per heavy atom. The second kappa shape index (κ2) is 47.2. The molecule has 0 bridgehead atoms. The number of aliphatic hydroxyl groups is 2. The van der Waals surface area contributed by atoms with Gasteiger partial charge in [-0.25, -0.2) is 9.78 Å². The molecule has 1 aromatic rings. The number of hydrogen-bond donors (Lipinski definition) is 26. The molecule has 0 aromatic carbocycles. The summed E-state index contributed by atoms with van der Waals surface area (Å²) in [7, 11) is 0. The molecule has 45 heteroatoms. The minimum atomic E-state index is -1.97. The normalized spacial score (nSPS) is 14.8. The van der Waals surface area contributed by atoms with Crippen molar-refractivity contribution in [3.63, 3.8) is 0 Å². The second-order valence-electron chi connectivity index (χ2n) is 23.5. The molecule has 572 valence electrons. The summed E-state index contributed by atoms with van der Waals surface area (Å²) >= 11 is 8.34. The molecule has 0 spiro atoms. The van der Waals surface area contributed by atoms with Gasteiger partial charge in [-0.2, -0.15) is 25.3 Å². The third kappa shape index (κ3) is 34.9. The number of carbonyl (C=O) groups excluding carboxylic acids is 16. The number of nitrogens with two attached hydrogens (primary N) is 8. The van der Waals surface area contributed by atoms with Crippen molar-refractivity contribution < 1.29 is 96.8 Å². The van der Waals surface area contributed by atoms with Gasteiger partial charge in [-0.3, -0.25) is 81.7 Å². The highest BCUT2D eigenvalue weighted by atomic mass is 32.1. The summed E-state index contributed by atoms with van der Waals surface area (Å²) in [6.45, 7) is 2.67. The van der Waals surface area contributed by atoms with Crippen molar-refractivity contribution in [3.8, 4) is 0 Å². The molecular formula is C57H97N23O20S2. The van der Waals surface area contributed by atoms with E-state index in [1.165, 1.54) is 12.5 Å². The first-order valence-corrected chi connectivity index (χ1v) is 33.1. The van der Waals surface area contributed by atoms with E-state index in [0.717, 1.165) is 6.92 Å². The van der Waals surface area contributed by atoms with Crippen molar-refractivity contribution in [2.24, 2.45) is 56.8 Å². The molecular weight excluding hydrogens is 1390 g/mol. The maximum Gasteiger partial charge on any atom is 0.328 e. The van der Waals surface area contributed by atoms with Crippen LogP contribution in [0, 0.1) is 5.92 Å². The van der Waals surface area contributed by atoms with E-state index in [1.54, 1.807) is 13.8 Å². The number of carboxylic acids is 1. The molecule has 0 unspecified atom stereocenters. The van der Waals surface area contributed by atoms with Gasteiger partial charge in [-0.15, -0.1) is 0 Å². The van der Waals surface area contributed by atoms with Crippen LogP contribution in [0.5, 0.6) is 0 Å². The lowest BCUT2D eigenvalue weighted by Crippen LogP contribution is -2.62. The lowest BCUT2D eigenvalue weighted by atomic mass is 10.0. The Hall–Kier alpha value is -9.99. The lowest BCUT2D eigenvalue weighted by molar-refractivity contribution is -0.145. The molecule has 0 saturated carbocycles. The molecule has 43 nitrogen and oxygen atoms in total. The first-order valence-electron chi connectivity index (χ1n) is 31.8. The highest BCUT2D eigenvalue weighted by Gasteiger charge is 2.38. The van der Waals surface area contributed by atoms with Crippen molar-refractivity contribution in [3.05, 3.63) is 18.2 Å². The SMILES string of the molecule is CC(C)C[C@H](NC(=O)[C@H](CS)NC(=O)[C@H](CCCCN)NC(=O)[C@H](CCC(N)=O)NC(=O)[C@H](CC(N)=O)NC(=O)CN)C(=O)N[C@@H](CCC(N)=O)C(=O)N[C@@H](Cc1cnc[nH]1)C(=O)N[C@@H](CC(N)=O)C(=O)N[C@@H](CCCN=C(N)N)C(=O)N[C@@H](CS)C(=O)N[C@@H](CO)C(=O)N[C@H](C(=O)O)[C@@H](C)O. The Bertz CT molecular complexity index is 3090. The van der Waals surface area contributed by atoms with Gasteiger partial charge in [-0.05, 0) is 70.8 Å². The number of thiol groups is 2. The number of carboxylic acid groups (broad SMARTS) is 1. The molecule has 102 heavy (non-hydrogen) atoms. The number of nitrogens with one attached hydrogen (secondary N) is 13. The number of aliphatic carboxylic acids is 1. The molecule has 0 aliphatic heterocycles. The molecule has 1 rings (SSSR count). The van der Waals surface area contributed by atoms with E-state index in [2.05, 4.69) is 98.7 Å². The minimum Gasteiger partial charge on any atom is -0.480 e. The zero-order valence-electron chi connectivity index (χ0n) is 56.4. The number of aromatic nitrogens is 2. The fourth-order valence-electron chi connectivity index (χ4n) is 9.20. The number of guanidine groups is 1. The Balaban J connectivity index is 3.68. The largest absolute Gasteiger partial charge is 0.480 e. The average molecular weight is 1490 g/mol. The Morgan fingerprint density at radius 1 is 0.480 bits per heavy atom. The number of nitrogens with zero attached hydrogens (tertiary/aromatic N) is 2. The van der Waals surface area contributed by atoms with Crippen LogP contribution >= 0.6 is 25.3 Å². The molecule has 13 atom stereocenters. The number of aliphatic hydroxyl groups excluding tert-OH is 2. The smallest absolute Gasteiger partial charge is 0.328 e. The zero-order valence-corrected chi connectivity index (χ0v) is 58.2. The number of amides is 16. The van der Waals surface area contributed by atoms with Gasteiger partial charge in [0.2, 0.25) is 94.5 Å². The molecule has 32 N–H and O–H groups in total. The predicted molar refractivity (Wildman–Crippen MR) is 365 cm³/mol. The van der Waals surface area contributed by atoms with Gasteiger partial charge in [0, 0.05) is 49.2 Å². The van der Waals surface area contributed by atoms with Crippen molar-refractivity contribution in [1.82, 2.24) is 73.8 Å². The first-order chi connectivity index (χ1) is 47.9. The summed E-state index contributed by atoms with van der Waals surface area (Å²) in [5.74, 6) is -20.8. The van der Waals surface area contributed by atoms with E-state index in [1.807, 2.05) is 5.32 Å². The van der Waals surface area contributed by atoms with Gasteiger partial charge < -0.3 is 130 Å². The Morgan fingerprint density at radius 3 is 1.24 bits per heavy atom. The van der Waals surface area contributed by atoms with Gasteiger partial charge in [-0.1, -0.05) is 13.8 Å². The van der Waals surface area contributed by atoms with Crippen LogP contribution in [0.2, 0.25) is 0 Å². The summed E-state index contributed by atoms with van der Waals surface area (Å²) in [5, 5.41) is 57.0. The number of aromatic amines is 1. The van der Waals surface area contributed by atoms with Gasteiger partial charge >= 0.3 is 5.97 Å². The topological polar surface area (TPSA) is 744 Å². The molecule has 0 aliphatic rings. The number of H-pyrrole nitrogens is 1. The van der Waals surface area contributed by atoms with Crippen molar-refractivity contribution in [1.29, 1.82) is 0 Å². The van der Waals surface area contributed by atoms with Crippen LogP contribution < -0.4 is 110 Å². The van der Waals surface area contributed by atoms with E-state index in [-0.39, 0.29) is 56.8 Å². The number of rotatable bonds is 51. The van der Waals surface area contributed by atoms with Crippen molar-refractivity contribution in [2.45, 2.75) is 183 Å². The number of imidazole rings is 1. The number of aliphatic imine (C=N–C) groups is 1. The van der Waals surface area contributed by atoms with Gasteiger partial charge in [0.15, 0.2) is 12.0 Å². The highest BCUT2D eigenvalue weighted by Crippen LogP contribution is 2.12. The molecule has 0 aliphatic carbocycles. The van der Waals surface area contributed by atoms with Crippen LogP contribution in [0.25, 0.3) is 0 Å². The van der Waals surface area contributed by atoms with Crippen molar-refractivity contribution >= 4 is 132 Å². The summed E-state index contributed by atoms with van der Waals surface area (Å²) in [5.41, 5.74) is 43.7. The fourth-order valence-corrected chi connectivity index (χ4v) is 9.71. The van der Waals surface area contributed by atoms with E-state index >= 15 is 0 Å². The third-order valence-electron chi connectivity index (χ3n) is 14.5. The van der Waals surface area contributed by atoms with Crippen molar-refractivity contribution in [2.75, 3.05) is 37.7 Å². The Kier molecular flexibility index (Phi) is 41.6. The number of unbranched alkanes of at least 4 members (excludes halogenated alkanes) is 1. The minimum absolute atomic E-state index is 0.0614. The van der Waals surface area contributed by atoms with E-state index in [9.17, 15) is 96.8 Å². The standard InChI is InChI=1S/C57H97N23O20S2/c1-25(2)15-32(74-54(97)37(22-101)78-45(88)28(7-4-5-13-58)70-47(90)30(9-11-39(60)83)73-51(94)34(17-41(62)85)69-43(87)19-59)49(92)72-31(10-12-40(61)84)48(91)75-33(16-27-20-66-24-68-27)50(93)76-35(18-42(63)86)52(95)71-29(8-6-14-67-57(64)65)46(89)79-38(23-102)55(98)77-36(21-81)53(96)80-44(26(3)82)56(99)100/h20,24-26,28-38,44,81-82,101-102H,4-19,21-23,58-59H2,1-3H3,(H2,60,83)(H2,61,84)(H2,62,85)(H2,63,86)(H,66,68)(H,69,87)(H,70,90)(H,71,95)(H,72,92)(H,73,94)(H,74,97)(H,75,91)(H,76,93)(H,77,98)(H,78,88)(H,79,89)(H,80,96)(H,99,100)(H4,64,65,67)/t26-,28+,29+,30+,31+,32+,33+,34+,35+,36+,37+,38+,44+/m1/s1. The lowest BCUT2D eigenvalue weighted by Gasteiger charge is -2.28. The Labute approximate surface area is 595 Å². The van der Waals surface area contributed by atoms with Crippen LogP contribution in [0.1, 0.15) is 104 Å². The zero-order chi connectivity index (χ0) is 77.5. The average Bonchev–Trinajstić information content (AvgIpc) is 1.09. The summed E-state index contributed by atoms with van der Waals surface area (Å²) in [4.78, 5) is 236. The monoisotopic (exact) mass is 1490 g/mol. The van der Waals surface area contributed by atoms with E-state index < -0.39 is 255 Å². The number of primary amides is 4. The summed E-state index contributed by atoms with van der Waals surface area (Å²) in [6.07, 6.45) is -3.56. The molecule has 1 heterocycles. The van der Waals surface area contributed by atoms with Gasteiger partial charge in [0.25, 0.3) is 0 Å². The maximum absolute atomic E-state index is 14.5. The van der Waals surface area contributed by atoms with Gasteiger partial charge in [0.1, 0.15) is 66.5 Å². The molecule has 16 amide bonds. The first kappa shape index (κ1) is 90.0. The number of carbonyl (C=O) groups is 17. The quantitative estimate of drug-likeness (QED) is 0.0125. The molecule has 0 saturated heterocycles. The summed E-state index contributed by atoms with van der Waals surface area (Å²) < 4.78 is 0. The van der Waals surface area contributed by atoms with E-state index in [4.69, 9.17) is 45.9 Å². The fraction of sp³-hybridized carbons (Fsp3) is 0.632. The van der Waals surface area contributed by atoms with Crippen LogP contribution in [-0.4, -0.2) is 248 Å². The second-order valence-corrected chi connectivity index (χ2v) is 24.3. The van der Waals surface area contributed by atoms with Gasteiger partial charge in [0.05, 0.1) is 38.4 Å². The van der Waals surface area contributed by atoms with Crippen LogP contribution in [0.15, 0.2) is 17.5 Å². The molecule has 1 aromatic heterocycles. The van der Waals surface area contributed by atoms with E-state index in [0.29, 0.717) is 6.42 Å². The highest BCUT2D eigenvalue weighted by molar-refractivity contribution is 7.80. The van der Waals surface area contributed by atoms with Crippen LogP contribution in [0.3, 0.4) is 0 Å². The maximum atomic E-state index is 14.5.